The van der Waals surface area contributed by atoms with Gasteiger partial charge in [-0.05, 0) is 35.6 Å². The summed E-state index contributed by atoms with van der Waals surface area (Å²) in [5, 5.41) is 21.6. The van der Waals surface area contributed by atoms with Crippen LogP contribution in [-0.4, -0.2) is 39.6 Å². The van der Waals surface area contributed by atoms with Crippen molar-refractivity contribution in [2.75, 3.05) is 0 Å². The summed E-state index contributed by atoms with van der Waals surface area (Å²) in [6.07, 6.45) is 0.0231. The van der Waals surface area contributed by atoms with Gasteiger partial charge in [0.2, 0.25) is 0 Å². The second-order valence-corrected chi connectivity index (χ2v) is 7.54. The van der Waals surface area contributed by atoms with Crippen molar-refractivity contribution in [3.05, 3.63) is 60.2 Å². The molecular formula is C21H20N2O5. The predicted octanol–water partition coefficient (Wildman–Crippen LogP) is 1.58. The number of carboxylic acid groups (broad SMARTS) is 2. The van der Waals surface area contributed by atoms with Gasteiger partial charge >= 0.3 is 11.9 Å². The fraction of sp³-hybridized carbons (Fsp3) is 0.286. The van der Waals surface area contributed by atoms with E-state index in [1.54, 1.807) is 12.1 Å². The van der Waals surface area contributed by atoms with Crippen molar-refractivity contribution in [1.82, 2.24) is 5.32 Å². The number of nitrogens with one attached hydrogen (secondary N) is 1. The first kappa shape index (κ1) is 18.2. The molecule has 0 spiro atoms. The third-order valence-corrected chi connectivity index (χ3v) is 5.95. The highest BCUT2D eigenvalue weighted by atomic mass is 16.4. The van der Waals surface area contributed by atoms with Crippen molar-refractivity contribution >= 4 is 17.8 Å². The van der Waals surface area contributed by atoms with Gasteiger partial charge in [-0.2, -0.15) is 0 Å². The molecule has 2 aromatic rings. The molecule has 0 aliphatic heterocycles. The van der Waals surface area contributed by atoms with Crippen LogP contribution in [0.3, 0.4) is 0 Å². The molecule has 4 rings (SSSR count). The highest BCUT2D eigenvalue weighted by Gasteiger charge is 2.74. The van der Waals surface area contributed by atoms with Crippen LogP contribution in [0.2, 0.25) is 0 Å². The molecule has 0 saturated heterocycles. The molecule has 2 fully saturated rings. The van der Waals surface area contributed by atoms with Crippen LogP contribution in [0.1, 0.15) is 16.8 Å². The minimum Gasteiger partial charge on any atom is -0.481 e. The summed E-state index contributed by atoms with van der Waals surface area (Å²) in [6, 6.07) is 16.2. The zero-order valence-electron chi connectivity index (χ0n) is 14.9. The molecular weight excluding hydrogens is 360 g/mol. The summed E-state index contributed by atoms with van der Waals surface area (Å²) in [5.41, 5.74) is 6.80. The minimum absolute atomic E-state index is 0.0231. The van der Waals surface area contributed by atoms with Gasteiger partial charge in [0, 0.05) is 17.5 Å². The van der Waals surface area contributed by atoms with Gasteiger partial charge in [0.15, 0.2) is 0 Å². The van der Waals surface area contributed by atoms with Crippen LogP contribution in [-0.2, 0) is 9.59 Å². The molecule has 0 aromatic heterocycles. The predicted molar refractivity (Wildman–Crippen MR) is 100 cm³/mol. The molecule has 28 heavy (non-hydrogen) atoms. The third kappa shape index (κ3) is 2.84. The standard InChI is InChI=1S/C21H20N2O5/c22-21(20(27)28)10-14(15-16(17(15)21)19(25)26)23-18(24)13-8-6-12(7-9-13)11-4-2-1-3-5-11/h1-9,14-17H,10,22H2,(H,23,24)(H,25,26)(H,27,28). The second-order valence-electron chi connectivity index (χ2n) is 7.54. The Balaban J connectivity index is 1.49. The van der Waals surface area contributed by atoms with Crippen LogP contribution in [0.15, 0.2) is 54.6 Å². The topological polar surface area (TPSA) is 130 Å². The van der Waals surface area contributed by atoms with Crippen LogP contribution in [0.25, 0.3) is 11.1 Å². The van der Waals surface area contributed by atoms with Gasteiger partial charge in [-0.15, -0.1) is 0 Å². The van der Waals surface area contributed by atoms with Gasteiger partial charge in [0.05, 0.1) is 5.92 Å². The molecule has 2 aliphatic carbocycles. The van der Waals surface area contributed by atoms with Gasteiger partial charge in [0.25, 0.3) is 5.91 Å². The maximum atomic E-state index is 12.6. The smallest absolute Gasteiger partial charge is 0.324 e. The van der Waals surface area contributed by atoms with Crippen molar-refractivity contribution in [3.8, 4) is 11.1 Å². The van der Waals surface area contributed by atoms with Gasteiger partial charge < -0.3 is 21.3 Å². The lowest BCUT2D eigenvalue weighted by Crippen LogP contribution is -2.52. The Bertz CT molecular complexity index is 943. The van der Waals surface area contributed by atoms with Crippen molar-refractivity contribution in [2.45, 2.75) is 18.0 Å². The van der Waals surface area contributed by atoms with Gasteiger partial charge in [-0.3, -0.25) is 14.4 Å². The number of aliphatic carboxylic acids is 2. The summed E-state index contributed by atoms with van der Waals surface area (Å²) < 4.78 is 0. The van der Waals surface area contributed by atoms with Crippen molar-refractivity contribution in [1.29, 1.82) is 0 Å². The normalized spacial score (nSPS) is 30.3. The third-order valence-electron chi connectivity index (χ3n) is 5.95. The van der Waals surface area contributed by atoms with E-state index in [1.165, 1.54) is 0 Å². The number of rotatable bonds is 5. The van der Waals surface area contributed by atoms with E-state index in [9.17, 15) is 24.6 Å². The molecule has 0 radical (unpaired) electrons. The average Bonchev–Trinajstić information content (AvgIpc) is 3.38. The Kier molecular flexibility index (Phi) is 4.19. The molecule has 0 bridgehead atoms. The number of fused-ring (bicyclic) bond motifs is 1. The van der Waals surface area contributed by atoms with E-state index in [4.69, 9.17) is 5.73 Å². The van der Waals surface area contributed by atoms with Crippen LogP contribution in [0, 0.1) is 17.8 Å². The summed E-state index contributed by atoms with van der Waals surface area (Å²) >= 11 is 0. The average molecular weight is 380 g/mol. The molecule has 5 unspecified atom stereocenters. The highest BCUT2D eigenvalue weighted by Crippen LogP contribution is 2.61. The SMILES string of the molecule is NC1(C(=O)O)CC(NC(=O)c2ccc(-c3ccccc3)cc2)C2C(C(=O)O)C21. The maximum Gasteiger partial charge on any atom is 0.324 e. The summed E-state index contributed by atoms with van der Waals surface area (Å²) in [4.78, 5) is 35.6. The molecule has 0 heterocycles. The van der Waals surface area contributed by atoms with Crippen molar-refractivity contribution in [3.63, 3.8) is 0 Å². The first-order valence-corrected chi connectivity index (χ1v) is 9.04. The molecule has 1 amide bonds. The lowest BCUT2D eigenvalue weighted by atomic mass is 9.90. The van der Waals surface area contributed by atoms with Crippen LogP contribution >= 0.6 is 0 Å². The van der Waals surface area contributed by atoms with Gasteiger partial charge in [-0.1, -0.05) is 42.5 Å². The number of nitrogens with two attached hydrogens (primary N) is 1. The number of amides is 1. The molecule has 2 saturated carbocycles. The van der Waals surface area contributed by atoms with Gasteiger partial charge in [-0.25, -0.2) is 0 Å². The van der Waals surface area contributed by atoms with Crippen LogP contribution < -0.4 is 11.1 Å². The van der Waals surface area contributed by atoms with E-state index in [-0.39, 0.29) is 12.3 Å². The number of carbonyl (C=O) groups excluding carboxylic acids is 1. The molecule has 5 atom stereocenters. The molecule has 2 aliphatic rings. The van der Waals surface area contributed by atoms with Crippen LogP contribution in [0.4, 0.5) is 0 Å². The zero-order chi connectivity index (χ0) is 20.1. The van der Waals surface area contributed by atoms with E-state index >= 15 is 0 Å². The van der Waals surface area contributed by atoms with E-state index < -0.39 is 41.3 Å². The molecule has 7 nitrogen and oxygen atoms in total. The quantitative estimate of drug-likeness (QED) is 0.623. The Morgan fingerprint density at radius 3 is 2.14 bits per heavy atom. The lowest BCUT2D eigenvalue weighted by Gasteiger charge is -2.25. The first-order chi connectivity index (χ1) is 13.3. The van der Waals surface area contributed by atoms with E-state index in [1.807, 2.05) is 42.5 Å². The zero-order valence-corrected chi connectivity index (χ0v) is 14.9. The number of carbonyl (C=O) groups is 3. The Morgan fingerprint density at radius 1 is 0.964 bits per heavy atom. The molecule has 2 aromatic carbocycles. The van der Waals surface area contributed by atoms with Crippen LogP contribution in [0.5, 0.6) is 0 Å². The molecule has 7 heteroatoms. The summed E-state index contributed by atoms with van der Waals surface area (Å²) in [5.74, 6) is -4.61. The Hall–Kier alpha value is -3.19. The number of benzene rings is 2. The Morgan fingerprint density at radius 2 is 1.57 bits per heavy atom. The van der Waals surface area contributed by atoms with E-state index in [0.717, 1.165) is 11.1 Å². The maximum absolute atomic E-state index is 12.6. The van der Waals surface area contributed by atoms with E-state index in [0.29, 0.717) is 5.56 Å². The highest BCUT2D eigenvalue weighted by molar-refractivity contribution is 5.95. The van der Waals surface area contributed by atoms with Crippen molar-refractivity contribution in [2.24, 2.45) is 23.5 Å². The minimum atomic E-state index is -1.62. The number of carboxylic acids is 2. The van der Waals surface area contributed by atoms with Gasteiger partial charge in [0.1, 0.15) is 5.54 Å². The number of hydrogen-bond donors (Lipinski definition) is 4. The fourth-order valence-electron chi connectivity index (χ4n) is 4.53. The first-order valence-electron chi connectivity index (χ1n) is 9.04. The molecule has 144 valence electrons. The van der Waals surface area contributed by atoms with Crippen molar-refractivity contribution < 1.29 is 24.6 Å². The summed E-state index contributed by atoms with van der Waals surface area (Å²) in [6.45, 7) is 0. The summed E-state index contributed by atoms with van der Waals surface area (Å²) in [7, 11) is 0. The number of hydrogen-bond acceptors (Lipinski definition) is 4. The fourth-order valence-corrected chi connectivity index (χ4v) is 4.53. The van der Waals surface area contributed by atoms with E-state index in [2.05, 4.69) is 5.32 Å². The monoisotopic (exact) mass is 380 g/mol. The molecule has 5 N–H and O–H groups in total. The largest absolute Gasteiger partial charge is 0.481 e. The second kappa shape index (κ2) is 6.45. The Labute approximate surface area is 161 Å². The lowest BCUT2D eigenvalue weighted by molar-refractivity contribution is -0.145.